The molecule has 16 heteroatoms. The molecule has 2 heterocycles. The first kappa shape index (κ1) is 31.3. The molecule has 2 fully saturated rings. The first-order chi connectivity index (χ1) is 17.7. The van der Waals surface area contributed by atoms with Gasteiger partial charge in [-0.1, -0.05) is 0 Å². The Morgan fingerprint density at radius 1 is 0.737 bits per heavy atom. The number of hydrogen-bond donors (Lipinski definition) is 3. The van der Waals surface area contributed by atoms with E-state index in [0.29, 0.717) is 0 Å². The zero-order chi connectivity index (χ0) is 28.8. The standard InChI is InChI=1S/C22H32O16/c1-9(25)31-7-15-16(30)18(33-11(3)27)19(34-12(4)28)21(36-15)38-22(8-24)20(35-13(5)29)17(32-10(2)26)14(6-23)37-22/h14-21,23-24,30H,6-8H2,1-5H3/t14-,15?,16-,17?,18?,19?,20?,21-,22+/m1/s1. The van der Waals surface area contributed by atoms with E-state index >= 15 is 0 Å². The third-order valence-electron chi connectivity index (χ3n) is 5.43. The molecule has 0 aromatic carbocycles. The number of esters is 5. The van der Waals surface area contributed by atoms with E-state index in [9.17, 15) is 39.3 Å². The van der Waals surface area contributed by atoms with Crippen LogP contribution in [0.3, 0.4) is 0 Å². The third-order valence-corrected chi connectivity index (χ3v) is 5.43. The quantitative estimate of drug-likeness (QED) is 0.188. The van der Waals surface area contributed by atoms with Crippen LogP contribution < -0.4 is 0 Å². The molecule has 0 spiro atoms. The Bertz CT molecular complexity index is 891. The summed E-state index contributed by atoms with van der Waals surface area (Å²) in [5, 5.41) is 30.9. The highest BCUT2D eigenvalue weighted by Gasteiger charge is 2.63. The van der Waals surface area contributed by atoms with E-state index in [4.69, 9.17) is 37.9 Å². The van der Waals surface area contributed by atoms with Gasteiger partial charge in [0.2, 0.25) is 12.1 Å². The van der Waals surface area contributed by atoms with E-state index in [2.05, 4.69) is 0 Å². The van der Waals surface area contributed by atoms with Crippen LogP contribution in [0.25, 0.3) is 0 Å². The molecule has 2 saturated heterocycles. The lowest BCUT2D eigenvalue weighted by Crippen LogP contribution is -2.65. The first-order valence-electron chi connectivity index (χ1n) is 11.5. The average Bonchev–Trinajstić information content (AvgIpc) is 3.08. The molecule has 2 aliphatic heterocycles. The molecule has 0 aromatic heterocycles. The number of carbonyl (C=O) groups excluding carboxylic acids is 5. The summed E-state index contributed by atoms with van der Waals surface area (Å²) in [4.78, 5) is 58.6. The van der Waals surface area contributed by atoms with Crippen molar-refractivity contribution in [2.24, 2.45) is 0 Å². The molecule has 0 amide bonds. The second-order valence-corrected chi connectivity index (χ2v) is 8.51. The van der Waals surface area contributed by atoms with Crippen molar-refractivity contribution in [3.8, 4) is 0 Å². The molecule has 5 unspecified atom stereocenters. The fraction of sp³-hybridized carbons (Fsp3) is 0.773. The van der Waals surface area contributed by atoms with Gasteiger partial charge in [-0.25, -0.2) is 0 Å². The van der Waals surface area contributed by atoms with Crippen LogP contribution in [0.5, 0.6) is 0 Å². The van der Waals surface area contributed by atoms with E-state index in [1.165, 1.54) is 0 Å². The first-order valence-corrected chi connectivity index (χ1v) is 11.5. The summed E-state index contributed by atoms with van der Waals surface area (Å²) in [6.45, 7) is 2.76. The van der Waals surface area contributed by atoms with E-state index in [1.54, 1.807) is 0 Å². The highest BCUT2D eigenvalue weighted by molar-refractivity contribution is 5.68. The van der Waals surface area contributed by atoms with Gasteiger partial charge in [0.15, 0.2) is 24.4 Å². The summed E-state index contributed by atoms with van der Waals surface area (Å²) in [6, 6.07) is 0. The fourth-order valence-electron chi connectivity index (χ4n) is 4.06. The predicted octanol–water partition coefficient (Wildman–Crippen LogP) is -2.54. The zero-order valence-electron chi connectivity index (χ0n) is 21.4. The monoisotopic (exact) mass is 552 g/mol. The minimum absolute atomic E-state index is 0.559. The van der Waals surface area contributed by atoms with Crippen LogP contribution in [-0.4, -0.2) is 120 Å². The van der Waals surface area contributed by atoms with E-state index in [0.717, 1.165) is 34.6 Å². The van der Waals surface area contributed by atoms with Crippen LogP contribution in [0.4, 0.5) is 0 Å². The van der Waals surface area contributed by atoms with Crippen molar-refractivity contribution < 1.29 is 77.2 Å². The number of hydrogen-bond acceptors (Lipinski definition) is 16. The van der Waals surface area contributed by atoms with Crippen molar-refractivity contribution in [2.75, 3.05) is 19.8 Å². The lowest BCUT2D eigenvalue weighted by Gasteiger charge is -2.45. The molecule has 9 atom stereocenters. The summed E-state index contributed by atoms with van der Waals surface area (Å²) < 4.78 is 42.9. The zero-order valence-corrected chi connectivity index (χ0v) is 21.4. The van der Waals surface area contributed by atoms with Crippen LogP contribution in [0.15, 0.2) is 0 Å². The largest absolute Gasteiger partial charge is 0.463 e. The molecule has 16 nitrogen and oxygen atoms in total. The topological polar surface area (TPSA) is 220 Å². The molecule has 0 radical (unpaired) electrons. The van der Waals surface area contributed by atoms with Crippen LogP contribution in [0.1, 0.15) is 34.6 Å². The Balaban J connectivity index is 2.55. The van der Waals surface area contributed by atoms with Crippen LogP contribution in [-0.2, 0) is 61.9 Å². The van der Waals surface area contributed by atoms with Crippen molar-refractivity contribution in [1.29, 1.82) is 0 Å². The molecule has 3 N–H and O–H groups in total. The molecule has 2 rings (SSSR count). The minimum Gasteiger partial charge on any atom is -0.463 e. The number of rotatable bonds is 10. The lowest BCUT2D eigenvalue weighted by atomic mass is 9.98. The van der Waals surface area contributed by atoms with Gasteiger partial charge in [-0.3, -0.25) is 24.0 Å². The van der Waals surface area contributed by atoms with Crippen LogP contribution in [0.2, 0.25) is 0 Å². The number of ether oxygens (including phenoxy) is 8. The Morgan fingerprint density at radius 2 is 1.26 bits per heavy atom. The second kappa shape index (κ2) is 13.3. The summed E-state index contributed by atoms with van der Waals surface area (Å²) >= 11 is 0. The van der Waals surface area contributed by atoms with Gasteiger partial charge in [-0.05, 0) is 0 Å². The lowest BCUT2D eigenvalue weighted by molar-refractivity contribution is -0.384. The summed E-state index contributed by atoms with van der Waals surface area (Å²) in [5.41, 5.74) is 0. The molecule has 0 saturated carbocycles. The van der Waals surface area contributed by atoms with Crippen LogP contribution >= 0.6 is 0 Å². The maximum absolute atomic E-state index is 11.9. The summed E-state index contributed by atoms with van der Waals surface area (Å²) in [5.74, 6) is -6.67. The Labute approximate surface area is 216 Å². The van der Waals surface area contributed by atoms with Gasteiger partial charge in [-0.2, -0.15) is 0 Å². The Kier molecular flexibility index (Phi) is 10.9. The molecule has 0 aromatic rings. The van der Waals surface area contributed by atoms with Crippen molar-refractivity contribution in [2.45, 2.75) is 89.4 Å². The maximum atomic E-state index is 11.9. The highest BCUT2D eigenvalue weighted by Crippen LogP contribution is 2.40. The van der Waals surface area contributed by atoms with Crippen molar-refractivity contribution >= 4 is 29.8 Å². The number of aliphatic hydroxyl groups is 3. The SMILES string of the molecule is CC(=O)OCC1O[C@H](O[C@]2(CO)O[C@H](CO)C(OC(C)=O)C2OC(C)=O)C(OC(C)=O)C(OC(C)=O)[C@@H]1O. The van der Waals surface area contributed by atoms with Gasteiger partial charge in [-0.15, -0.1) is 0 Å². The maximum Gasteiger partial charge on any atom is 0.303 e. The summed E-state index contributed by atoms with van der Waals surface area (Å²) in [7, 11) is 0. The molecule has 2 aliphatic rings. The van der Waals surface area contributed by atoms with Gasteiger partial charge in [0.05, 0.1) is 6.61 Å². The fourth-order valence-corrected chi connectivity index (χ4v) is 4.06. The predicted molar refractivity (Wildman–Crippen MR) is 116 cm³/mol. The second-order valence-electron chi connectivity index (χ2n) is 8.51. The Hall–Kier alpha value is -2.89. The van der Waals surface area contributed by atoms with Gasteiger partial charge in [0.25, 0.3) is 0 Å². The third kappa shape index (κ3) is 7.58. The molecule has 0 aliphatic carbocycles. The Morgan fingerprint density at radius 3 is 1.74 bits per heavy atom. The van der Waals surface area contributed by atoms with Gasteiger partial charge < -0.3 is 53.2 Å². The number of carbonyl (C=O) groups is 5. The van der Waals surface area contributed by atoms with E-state index in [1.807, 2.05) is 0 Å². The van der Waals surface area contributed by atoms with Crippen LogP contribution in [0, 0.1) is 0 Å². The molecule has 38 heavy (non-hydrogen) atoms. The van der Waals surface area contributed by atoms with E-state index in [-0.39, 0.29) is 0 Å². The van der Waals surface area contributed by atoms with Crippen molar-refractivity contribution in [1.82, 2.24) is 0 Å². The smallest absolute Gasteiger partial charge is 0.303 e. The van der Waals surface area contributed by atoms with Gasteiger partial charge in [0, 0.05) is 34.6 Å². The molecule has 0 bridgehead atoms. The minimum atomic E-state index is -2.39. The summed E-state index contributed by atoms with van der Waals surface area (Å²) in [6.07, 6.45) is -12.8. The molecule has 216 valence electrons. The average molecular weight is 552 g/mol. The molecular weight excluding hydrogens is 520 g/mol. The van der Waals surface area contributed by atoms with Crippen molar-refractivity contribution in [3.05, 3.63) is 0 Å². The highest BCUT2D eigenvalue weighted by atomic mass is 16.8. The van der Waals surface area contributed by atoms with Gasteiger partial charge in [0.1, 0.15) is 31.5 Å². The normalized spacial score (nSPS) is 34.6. The molecular formula is C22H32O16. The van der Waals surface area contributed by atoms with E-state index < -0.39 is 104 Å². The van der Waals surface area contributed by atoms with Crippen molar-refractivity contribution in [3.63, 3.8) is 0 Å². The van der Waals surface area contributed by atoms with Gasteiger partial charge >= 0.3 is 29.8 Å². The number of aliphatic hydroxyl groups excluding tert-OH is 3.